The molecule has 8 nitrogen and oxygen atoms in total. The summed E-state index contributed by atoms with van der Waals surface area (Å²) in [5.41, 5.74) is 3.74. The highest BCUT2D eigenvalue weighted by molar-refractivity contribution is 5.89. The summed E-state index contributed by atoms with van der Waals surface area (Å²) in [6, 6.07) is 10.6. The molecular formula is C20H20N4O4. The molecule has 2 N–H and O–H groups in total. The summed E-state index contributed by atoms with van der Waals surface area (Å²) in [6.45, 7) is 3.68. The molecule has 8 heteroatoms. The van der Waals surface area contributed by atoms with Crippen LogP contribution in [0.1, 0.15) is 17.7 Å². The zero-order valence-corrected chi connectivity index (χ0v) is 15.3. The van der Waals surface area contributed by atoms with Crippen LogP contribution in [-0.2, 0) is 22.7 Å². The Balaban J connectivity index is 0.000000300. The molecule has 1 aromatic carbocycles. The lowest BCUT2D eigenvalue weighted by Gasteiger charge is -2.06. The van der Waals surface area contributed by atoms with Crippen LogP contribution in [0.3, 0.4) is 0 Å². The lowest BCUT2D eigenvalue weighted by atomic mass is 10.1. The second-order valence-corrected chi connectivity index (χ2v) is 5.89. The Hall–Kier alpha value is -3.86. The lowest BCUT2D eigenvalue weighted by Crippen LogP contribution is -2.02. The molecule has 2 heterocycles. The molecule has 0 saturated heterocycles. The van der Waals surface area contributed by atoms with Gasteiger partial charge >= 0.3 is 11.9 Å². The number of nitriles is 1. The average molecular weight is 380 g/mol. The van der Waals surface area contributed by atoms with Crippen LogP contribution < -0.4 is 0 Å². The van der Waals surface area contributed by atoms with Crippen molar-refractivity contribution in [3.8, 4) is 6.07 Å². The Bertz CT molecular complexity index is 1010. The van der Waals surface area contributed by atoms with E-state index in [2.05, 4.69) is 45.3 Å². The van der Waals surface area contributed by atoms with Crippen molar-refractivity contribution in [3.63, 3.8) is 0 Å². The number of carboxylic acids is 2. The molecule has 3 aromatic rings. The van der Waals surface area contributed by atoms with E-state index in [0.717, 1.165) is 13.1 Å². The summed E-state index contributed by atoms with van der Waals surface area (Å²) in [6.07, 6.45) is 7.25. The molecule has 0 radical (unpaired) electrons. The summed E-state index contributed by atoms with van der Waals surface area (Å²) in [5, 5.41) is 25.7. The Kier molecular flexibility index (Phi) is 7.11. The van der Waals surface area contributed by atoms with Gasteiger partial charge in [0.15, 0.2) is 0 Å². The third kappa shape index (κ3) is 5.32. The Morgan fingerprint density at radius 3 is 2.46 bits per heavy atom. The van der Waals surface area contributed by atoms with Crippen LogP contribution in [0.2, 0.25) is 0 Å². The second-order valence-electron chi connectivity index (χ2n) is 5.89. The van der Waals surface area contributed by atoms with Gasteiger partial charge in [0.05, 0.1) is 25.4 Å². The number of imidazole rings is 1. The van der Waals surface area contributed by atoms with Gasteiger partial charge < -0.3 is 19.3 Å². The van der Waals surface area contributed by atoms with Gasteiger partial charge in [-0.15, -0.1) is 0 Å². The predicted molar refractivity (Wildman–Crippen MR) is 103 cm³/mol. The van der Waals surface area contributed by atoms with E-state index < -0.39 is 11.9 Å². The third-order valence-electron chi connectivity index (χ3n) is 4.08. The summed E-state index contributed by atoms with van der Waals surface area (Å²) in [4.78, 5) is 23.2. The van der Waals surface area contributed by atoms with E-state index in [-0.39, 0.29) is 0 Å². The van der Waals surface area contributed by atoms with Crippen molar-refractivity contribution < 1.29 is 19.8 Å². The fourth-order valence-corrected chi connectivity index (χ4v) is 2.86. The molecule has 3 rings (SSSR count). The maximum Gasteiger partial charge on any atom is 0.328 e. The molecule has 144 valence electrons. The molecule has 0 aliphatic carbocycles. The van der Waals surface area contributed by atoms with Gasteiger partial charge in [0.25, 0.3) is 0 Å². The van der Waals surface area contributed by atoms with E-state index in [0.29, 0.717) is 18.6 Å². The zero-order valence-electron chi connectivity index (χ0n) is 15.3. The first-order chi connectivity index (χ1) is 13.4. The number of nitrogens with zero attached hydrogens (tertiary/aromatic N) is 4. The summed E-state index contributed by atoms with van der Waals surface area (Å²) in [7, 11) is 0. The van der Waals surface area contributed by atoms with Gasteiger partial charge in [0.2, 0.25) is 0 Å². The molecular weight excluding hydrogens is 360 g/mol. The van der Waals surface area contributed by atoms with Crippen LogP contribution in [0.4, 0.5) is 0 Å². The first-order valence-corrected chi connectivity index (χ1v) is 8.47. The number of aromatic nitrogens is 3. The predicted octanol–water partition coefficient (Wildman–Crippen LogP) is 2.82. The first-order valence-electron chi connectivity index (χ1n) is 8.47. The van der Waals surface area contributed by atoms with E-state index >= 15 is 0 Å². The largest absolute Gasteiger partial charge is 0.478 e. The Morgan fingerprint density at radius 1 is 1.21 bits per heavy atom. The number of para-hydroxylation sites is 1. The minimum Gasteiger partial charge on any atom is -0.478 e. The van der Waals surface area contributed by atoms with Crippen LogP contribution >= 0.6 is 0 Å². The van der Waals surface area contributed by atoms with E-state index in [1.807, 2.05) is 18.6 Å². The molecule has 0 unspecified atom stereocenters. The van der Waals surface area contributed by atoms with Gasteiger partial charge in [-0.05, 0) is 13.0 Å². The first kappa shape index (κ1) is 20.5. The highest BCUT2D eigenvalue weighted by Crippen LogP contribution is 2.26. The smallest absolute Gasteiger partial charge is 0.328 e. The number of aryl methyl sites for hydroxylation is 1. The van der Waals surface area contributed by atoms with Crippen LogP contribution in [-0.4, -0.2) is 36.3 Å². The molecule has 28 heavy (non-hydrogen) atoms. The molecule has 0 spiro atoms. The number of carbonyl (C=O) groups is 2. The minimum absolute atomic E-state index is 0.532. The number of hydrogen-bond acceptors (Lipinski definition) is 4. The van der Waals surface area contributed by atoms with Crippen molar-refractivity contribution >= 4 is 22.8 Å². The molecule has 0 aliphatic heterocycles. The minimum atomic E-state index is -1.26. The zero-order chi connectivity index (χ0) is 20.5. The fraction of sp³-hybridized carbons (Fsp3) is 0.200. The fourth-order valence-electron chi connectivity index (χ4n) is 2.86. The van der Waals surface area contributed by atoms with Crippen molar-refractivity contribution in [3.05, 3.63) is 66.4 Å². The van der Waals surface area contributed by atoms with Gasteiger partial charge in [0, 0.05) is 53.3 Å². The lowest BCUT2D eigenvalue weighted by molar-refractivity contribution is -0.134. The van der Waals surface area contributed by atoms with E-state index in [1.54, 1.807) is 6.20 Å². The normalized spacial score (nSPS) is 10.4. The number of rotatable bonds is 6. The number of fused-ring (bicyclic) bond motifs is 1. The summed E-state index contributed by atoms with van der Waals surface area (Å²) < 4.78 is 4.31. The van der Waals surface area contributed by atoms with Crippen LogP contribution in [0.25, 0.3) is 10.9 Å². The maximum absolute atomic E-state index is 9.55. The number of benzene rings is 1. The van der Waals surface area contributed by atoms with Gasteiger partial charge in [0.1, 0.15) is 0 Å². The van der Waals surface area contributed by atoms with Gasteiger partial charge in [-0.25, -0.2) is 14.6 Å². The van der Waals surface area contributed by atoms with E-state index in [4.69, 9.17) is 15.5 Å². The molecule has 0 bridgehead atoms. The standard InChI is InChI=1S/C16H16N4.C4H4O4/c1-13-15(11-19-10-8-18-12-19)14-5-2-3-6-16(14)20(13)9-4-7-17;5-3(6)1-2-4(7)8/h2-3,5-6,8,10,12H,4,9,11H2,1H3;1-2H,(H,5,6)(H,7,8)/b;2-1+. The van der Waals surface area contributed by atoms with Crippen LogP contribution in [0, 0.1) is 18.3 Å². The van der Waals surface area contributed by atoms with Crippen LogP contribution in [0.5, 0.6) is 0 Å². The third-order valence-corrected chi connectivity index (χ3v) is 4.08. The SMILES string of the molecule is Cc1c(Cn2ccnc2)c2ccccc2n1CCC#N.O=C(O)/C=C/C(=O)O. The quantitative estimate of drug-likeness (QED) is 0.634. The van der Waals surface area contributed by atoms with Gasteiger partial charge in [-0.2, -0.15) is 5.26 Å². The van der Waals surface area contributed by atoms with Crippen molar-refractivity contribution in [1.82, 2.24) is 14.1 Å². The van der Waals surface area contributed by atoms with Gasteiger partial charge in [-0.3, -0.25) is 0 Å². The number of carboxylic acid groups (broad SMARTS) is 2. The van der Waals surface area contributed by atoms with E-state index in [1.165, 1.54) is 22.2 Å². The number of hydrogen-bond donors (Lipinski definition) is 2. The van der Waals surface area contributed by atoms with Crippen molar-refractivity contribution in [1.29, 1.82) is 5.26 Å². The Labute approximate surface area is 161 Å². The Morgan fingerprint density at radius 2 is 1.89 bits per heavy atom. The highest BCUT2D eigenvalue weighted by atomic mass is 16.4. The van der Waals surface area contributed by atoms with Crippen molar-refractivity contribution in [2.45, 2.75) is 26.4 Å². The maximum atomic E-state index is 9.55. The molecule has 0 aliphatic rings. The van der Waals surface area contributed by atoms with Gasteiger partial charge in [-0.1, -0.05) is 18.2 Å². The molecule has 2 aromatic heterocycles. The molecule has 0 saturated carbocycles. The van der Waals surface area contributed by atoms with Crippen molar-refractivity contribution in [2.24, 2.45) is 0 Å². The van der Waals surface area contributed by atoms with E-state index in [9.17, 15) is 9.59 Å². The second kappa shape index (κ2) is 9.73. The molecule has 0 fully saturated rings. The average Bonchev–Trinajstić information content (AvgIpc) is 3.27. The number of aliphatic carboxylic acids is 2. The molecule has 0 atom stereocenters. The highest BCUT2D eigenvalue weighted by Gasteiger charge is 2.13. The summed E-state index contributed by atoms with van der Waals surface area (Å²) >= 11 is 0. The van der Waals surface area contributed by atoms with Crippen LogP contribution in [0.15, 0.2) is 55.1 Å². The topological polar surface area (TPSA) is 121 Å². The molecule has 0 amide bonds. The van der Waals surface area contributed by atoms with Crippen molar-refractivity contribution in [2.75, 3.05) is 0 Å². The monoisotopic (exact) mass is 380 g/mol. The summed E-state index contributed by atoms with van der Waals surface area (Å²) in [5.74, 6) is -2.51.